The van der Waals surface area contributed by atoms with Crippen LogP contribution in [0.25, 0.3) is 0 Å². The molecular formula is C12H17ClN4O2S2. The first-order chi connectivity index (χ1) is 9.63. The summed E-state index contributed by atoms with van der Waals surface area (Å²) in [4.78, 5) is 3.94. The number of anilines is 1. The van der Waals surface area contributed by atoms with Gasteiger partial charge in [0.2, 0.25) is 0 Å². The molecule has 116 valence electrons. The molecule has 0 saturated heterocycles. The molecule has 0 atom stereocenters. The molecule has 1 N–H and O–H groups in total. The van der Waals surface area contributed by atoms with Gasteiger partial charge in [-0.25, -0.2) is 13.4 Å². The SMILES string of the molecule is Cc1nc(Cl)sc1S(=O)(=O)Nc1c(C)nn(C(C)C)c1C. The number of sulfonamides is 1. The molecule has 2 aromatic heterocycles. The Morgan fingerprint density at radius 3 is 2.29 bits per heavy atom. The number of aryl methyl sites for hydroxylation is 2. The van der Waals surface area contributed by atoms with Crippen LogP contribution in [-0.4, -0.2) is 23.2 Å². The maximum atomic E-state index is 12.5. The van der Waals surface area contributed by atoms with Gasteiger partial charge in [0.25, 0.3) is 10.0 Å². The third-order valence-corrected chi connectivity index (χ3v) is 6.24. The van der Waals surface area contributed by atoms with Crippen LogP contribution in [0.2, 0.25) is 4.47 Å². The lowest BCUT2D eigenvalue weighted by Gasteiger charge is -2.10. The molecular weight excluding hydrogens is 332 g/mol. The van der Waals surface area contributed by atoms with Crippen molar-refractivity contribution in [3.63, 3.8) is 0 Å². The van der Waals surface area contributed by atoms with Gasteiger partial charge in [0, 0.05) is 6.04 Å². The quantitative estimate of drug-likeness (QED) is 0.919. The molecule has 6 nitrogen and oxygen atoms in total. The number of halogens is 1. The summed E-state index contributed by atoms with van der Waals surface area (Å²) in [6, 6.07) is 0.154. The number of hydrogen-bond acceptors (Lipinski definition) is 5. The predicted molar refractivity (Wildman–Crippen MR) is 84.8 cm³/mol. The fourth-order valence-corrected chi connectivity index (χ4v) is 5.01. The minimum absolute atomic E-state index is 0.128. The molecule has 0 spiro atoms. The summed E-state index contributed by atoms with van der Waals surface area (Å²) >= 11 is 6.72. The summed E-state index contributed by atoms with van der Waals surface area (Å²) in [5.74, 6) is 0. The molecule has 0 amide bonds. The Morgan fingerprint density at radius 1 is 1.24 bits per heavy atom. The molecule has 9 heteroatoms. The standard InChI is InChI=1S/C12H17ClN4O2S2/c1-6(2)17-9(5)10(7(3)15-17)16-21(18,19)11-8(4)14-12(13)20-11/h6,16H,1-5H3. The molecule has 0 bridgehead atoms. The molecule has 2 rings (SSSR count). The summed E-state index contributed by atoms with van der Waals surface area (Å²) in [6.07, 6.45) is 0. The van der Waals surface area contributed by atoms with E-state index in [2.05, 4.69) is 14.8 Å². The number of hydrogen-bond donors (Lipinski definition) is 1. The first-order valence-electron chi connectivity index (χ1n) is 6.35. The first kappa shape index (κ1) is 16.3. The maximum Gasteiger partial charge on any atom is 0.273 e. The van der Waals surface area contributed by atoms with E-state index in [9.17, 15) is 8.42 Å². The second kappa shape index (κ2) is 5.58. The molecule has 0 saturated carbocycles. The number of aromatic nitrogens is 3. The third kappa shape index (κ3) is 3.07. The van der Waals surface area contributed by atoms with Gasteiger partial charge in [0.15, 0.2) is 8.68 Å². The van der Waals surface area contributed by atoms with Crippen molar-refractivity contribution in [2.75, 3.05) is 4.72 Å². The van der Waals surface area contributed by atoms with Crippen LogP contribution < -0.4 is 4.72 Å². The van der Waals surface area contributed by atoms with Crippen LogP contribution in [0, 0.1) is 20.8 Å². The van der Waals surface area contributed by atoms with Gasteiger partial charge in [-0.15, -0.1) is 0 Å². The second-order valence-corrected chi connectivity index (χ2v) is 8.49. The number of nitrogens with zero attached hydrogens (tertiary/aromatic N) is 3. The third-order valence-electron chi connectivity index (χ3n) is 3.02. The molecule has 0 unspecified atom stereocenters. The Balaban J connectivity index is 2.45. The van der Waals surface area contributed by atoms with Crippen molar-refractivity contribution in [1.82, 2.24) is 14.8 Å². The lowest BCUT2D eigenvalue weighted by molar-refractivity contribution is 0.516. The monoisotopic (exact) mass is 348 g/mol. The molecule has 0 aliphatic carbocycles. The Labute approximate surface area is 133 Å². The van der Waals surface area contributed by atoms with Gasteiger partial charge in [-0.2, -0.15) is 5.10 Å². The molecule has 0 aliphatic rings. The normalized spacial score (nSPS) is 12.1. The minimum atomic E-state index is -3.71. The number of thiazole rings is 1. The van der Waals surface area contributed by atoms with Crippen LogP contribution in [0.3, 0.4) is 0 Å². The van der Waals surface area contributed by atoms with Gasteiger partial charge in [-0.05, 0) is 34.6 Å². The lowest BCUT2D eigenvalue weighted by Crippen LogP contribution is -2.14. The van der Waals surface area contributed by atoms with Crippen molar-refractivity contribution < 1.29 is 8.42 Å². The number of rotatable bonds is 4. The van der Waals surface area contributed by atoms with Gasteiger partial charge < -0.3 is 0 Å². The fourth-order valence-electron chi connectivity index (χ4n) is 2.09. The highest BCUT2D eigenvalue weighted by Gasteiger charge is 2.25. The highest BCUT2D eigenvalue weighted by atomic mass is 35.5. The summed E-state index contributed by atoms with van der Waals surface area (Å²) in [5, 5.41) is 4.37. The Morgan fingerprint density at radius 2 is 1.86 bits per heavy atom. The Hall–Kier alpha value is -1.12. The van der Waals surface area contributed by atoms with E-state index in [0.717, 1.165) is 17.0 Å². The second-order valence-electron chi connectivity index (χ2n) is 5.03. The minimum Gasteiger partial charge on any atom is -0.275 e. The summed E-state index contributed by atoms with van der Waals surface area (Å²) in [6.45, 7) is 9.21. The molecule has 0 radical (unpaired) electrons. The van der Waals surface area contributed by atoms with Crippen LogP contribution >= 0.6 is 22.9 Å². The summed E-state index contributed by atoms with van der Waals surface area (Å²) in [5.41, 5.74) is 2.31. The van der Waals surface area contributed by atoms with E-state index in [1.54, 1.807) is 18.5 Å². The average Bonchev–Trinajstić information content (AvgIpc) is 2.83. The molecule has 21 heavy (non-hydrogen) atoms. The van der Waals surface area contributed by atoms with Gasteiger partial charge in [-0.1, -0.05) is 22.9 Å². The largest absolute Gasteiger partial charge is 0.275 e. The molecule has 0 aromatic carbocycles. The van der Waals surface area contributed by atoms with Crippen molar-refractivity contribution in [3.8, 4) is 0 Å². The van der Waals surface area contributed by atoms with Crippen LogP contribution in [0.15, 0.2) is 4.21 Å². The van der Waals surface area contributed by atoms with Crippen LogP contribution in [0.1, 0.15) is 37.0 Å². The van der Waals surface area contributed by atoms with E-state index in [4.69, 9.17) is 11.6 Å². The Kier molecular flexibility index (Phi) is 4.32. The van der Waals surface area contributed by atoms with Crippen molar-refractivity contribution >= 4 is 38.6 Å². The lowest BCUT2D eigenvalue weighted by atomic mass is 10.3. The van der Waals surface area contributed by atoms with E-state index in [0.29, 0.717) is 17.1 Å². The summed E-state index contributed by atoms with van der Waals surface area (Å²) < 4.78 is 29.7. The zero-order valence-electron chi connectivity index (χ0n) is 12.4. The molecule has 2 heterocycles. The van der Waals surface area contributed by atoms with E-state index in [1.807, 2.05) is 20.8 Å². The molecule has 0 fully saturated rings. The van der Waals surface area contributed by atoms with Crippen molar-refractivity contribution in [2.45, 2.75) is 44.9 Å². The molecule has 0 aliphatic heterocycles. The summed E-state index contributed by atoms with van der Waals surface area (Å²) in [7, 11) is -3.71. The number of nitrogens with one attached hydrogen (secondary N) is 1. The highest BCUT2D eigenvalue weighted by molar-refractivity contribution is 7.94. The first-order valence-corrected chi connectivity index (χ1v) is 9.02. The van der Waals surface area contributed by atoms with Crippen LogP contribution in [0.5, 0.6) is 0 Å². The maximum absolute atomic E-state index is 12.5. The van der Waals surface area contributed by atoms with Gasteiger partial charge >= 0.3 is 0 Å². The van der Waals surface area contributed by atoms with Gasteiger partial charge in [-0.3, -0.25) is 9.40 Å². The Bertz CT molecular complexity index is 778. The van der Waals surface area contributed by atoms with Crippen molar-refractivity contribution in [3.05, 3.63) is 21.5 Å². The predicted octanol–water partition coefficient (Wildman–Crippen LogP) is 3.30. The zero-order valence-corrected chi connectivity index (χ0v) is 14.8. The zero-order chi connectivity index (χ0) is 15.9. The smallest absolute Gasteiger partial charge is 0.273 e. The topological polar surface area (TPSA) is 76.9 Å². The van der Waals surface area contributed by atoms with Crippen molar-refractivity contribution in [1.29, 1.82) is 0 Å². The van der Waals surface area contributed by atoms with Gasteiger partial charge in [0.1, 0.15) is 0 Å². The fraction of sp³-hybridized carbons (Fsp3) is 0.500. The van der Waals surface area contributed by atoms with E-state index >= 15 is 0 Å². The molecule has 2 aromatic rings. The van der Waals surface area contributed by atoms with Gasteiger partial charge in [0.05, 0.1) is 22.8 Å². The van der Waals surface area contributed by atoms with Crippen LogP contribution in [0.4, 0.5) is 5.69 Å². The van der Waals surface area contributed by atoms with Crippen LogP contribution in [-0.2, 0) is 10.0 Å². The van der Waals surface area contributed by atoms with E-state index < -0.39 is 10.0 Å². The van der Waals surface area contributed by atoms with E-state index in [1.165, 1.54) is 0 Å². The highest BCUT2D eigenvalue weighted by Crippen LogP contribution is 2.30. The van der Waals surface area contributed by atoms with Crippen molar-refractivity contribution in [2.24, 2.45) is 0 Å². The van der Waals surface area contributed by atoms with E-state index in [-0.39, 0.29) is 14.7 Å². The average molecular weight is 349 g/mol.